The minimum absolute atomic E-state index is 0.450. The van der Waals surface area contributed by atoms with Crippen molar-refractivity contribution in [3.63, 3.8) is 0 Å². The molecular formula is C32H42Cl2N8O2Si2. The molecule has 14 heteroatoms. The summed E-state index contributed by atoms with van der Waals surface area (Å²) in [6.07, 6.45) is 11.1. The van der Waals surface area contributed by atoms with E-state index < -0.39 is 16.1 Å². The van der Waals surface area contributed by atoms with Gasteiger partial charge in [-0.05, 0) is 36.4 Å². The zero-order valence-corrected chi connectivity index (χ0v) is 30.8. The van der Waals surface area contributed by atoms with Gasteiger partial charge in [0.15, 0.2) is 5.82 Å². The summed E-state index contributed by atoms with van der Waals surface area (Å²) in [7, 11) is -2.12. The number of aromatic nitrogens is 8. The molecular weight excluding hydrogens is 655 g/mol. The molecule has 0 aromatic carbocycles. The van der Waals surface area contributed by atoms with Crippen LogP contribution in [0.3, 0.4) is 0 Å². The van der Waals surface area contributed by atoms with Gasteiger partial charge in [-0.3, -0.25) is 4.57 Å². The molecule has 6 aromatic heterocycles. The van der Waals surface area contributed by atoms with Crippen LogP contribution in [0, 0.1) is 0 Å². The van der Waals surface area contributed by atoms with Crippen LogP contribution in [0.4, 0.5) is 0 Å². The third kappa shape index (κ3) is 8.75. The highest BCUT2D eigenvalue weighted by molar-refractivity contribution is 6.76. The molecule has 6 rings (SSSR count). The van der Waals surface area contributed by atoms with Crippen LogP contribution < -0.4 is 0 Å². The van der Waals surface area contributed by atoms with Crippen LogP contribution in [0.2, 0.25) is 61.7 Å². The average molecular weight is 698 g/mol. The number of fused-ring (bicyclic) bond motifs is 2. The van der Waals surface area contributed by atoms with Crippen molar-refractivity contribution in [2.75, 3.05) is 13.2 Å². The van der Waals surface area contributed by atoms with E-state index in [9.17, 15) is 0 Å². The first-order valence-electron chi connectivity index (χ1n) is 15.3. The largest absolute Gasteiger partial charge is 0.360 e. The van der Waals surface area contributed by atoms with Crippen molar-refractivity contribution in [1.82, 2.24) is 38.7 Å². The Kier molecular flexibility index (Phi) is 10.9. The molecule has 0 aliphatic heterocycles. The Morgan fingerprint density at radius 1 is 0.652 bits per heavy atom. The Balaban J connectivity index is 0.000000181. The van der Waals surface area contributed by atoms with Gasteiger partial charge in [0.25, 0.3) is 0 Å². The number of rotatable bonds is 12. The second kappa shape index (κ2) is 14.7. The molecule has 10 nitrogen and oxygen atoms in total. The smallest absolute Gasteiger partial charge is 0.159 e. The van der Waals surface area contributed by atoms with E-state index in [1.807, 2.05) is 68.9 Å². The molecule has 0 amide bonds. The lowest BCUT2D eigenvalue weighted by molar-refractivity contribution is 0.0784. The number of ether oxygens (including phenoxy) is 2. The maximum atomic E-state index is 6.15. The summed E-state index contributed by atoms with van der Waals surface area (Å²) >= 11 is 12.3. The fourth-order valence-corrected chi connectivity index (χ4v) is 6.66. The van der Waals surface area contributed by atoms with Crippen LogP contribution in [0.5, 0.6) is 0 Å². The third-order valence-corrected chi connectivity index (χ3v) is 11.4. The fraction of sp³-hybridized carbons (Fsp3) is 0.375. The molecule has 6 aromatic rings. The Hall–Kier alpha value is -3.27. The molecule has 0 fully saturated rings. The van der Waals surface area contributed by atoms with Crippen LogP contribution in [0.25, 0.3) is 33.4 Å². The summed E-state index contributed by atoms with van der Waals surface area (Å²) in [5, 5.41) is 11.8. The Labute approximate surface area is 281 Å². The quantitative estimate of drug-likeness (QED) is 0.0726. The first-order chi connectivity index (χ1) is 21.9. The van der Waals surface area contributed by atoms with Gasteiger partial charge >= 0.3 is 0 Å². The monoisotopic (exact) mass is 696 g/mol. The minimum atomic E-state index is -1.07. The highest BCUT2D eigenvalue weighted by Crippen LogP contribution is 2.26. The first kappa shape index (κ1) is 34.1. The Morgan fingerprint density at radius 3 is 1.83 bits per heavy atom. The van der Waals surface area contributed by atoms with Gasteiger partial charge in [-0.2, -0.15) is 10.2 Å². The predicted molar refractivity (Wildman–Crippen MR) is 192 cm³/mol. The standard InChI is InChI=1S/2C16H21ClN4OSi/c1-23(2,3)11-10-22-12-20-8-6-15(19-20)21-9-5-13-14(21)4-7-18-16(13)17;1-23(2,3)11-10-22-12-21-15(5-8-19-21)20-9-6-13-14(20)4-7-18-16(13)17/h2*4-9H,10-12H2,1-3H3. The highest BCUT2D eigenvalue weighted by Gasteiger charge is 2.15. The third-order valence-electron chi connectivity index (χ3n) is 7.38. The molecule has 0 atom stereocenters. The van der Waals surface area contributed by atoms with Crippen LogP contribution in [0.15, 0.2) is 73.6 Å². The van der Waals surface area contributed by atoms with Crippen LogP contribution >= 0.6 is 23.2 Å². The van der Waals surface area contributed by atoms with Crippen LogP contribution in [0.1, 0.15) is 0 Å². The van der Waals surface area contributed by atoms with E-state index in [1.54, 1.807) is 18.6 Å². The van der Waals surface area contributed by atoms with Gasteiger partial charge in [-0.15, -0.1) is 0 Å². The van der Waals surface area contributed by atoms with Crippen molar-refractivity contribution in [3.05, 3.63) is 83.9 Å². The zero-order valence-electron chi connectivity index (χ0n) is 27.3. The predicted octanol–water partition coefficient (Wildman–Crippen LogP) is 8.38. The Morgan fingerprint density at radius 2 is 1.22 bits per heavy atom. The number of hydrogen-bond donors (Lipinski definition) is 0. The zero-order chi connectivity index (χ0) is 32.9. The van der Waals surface area contributed by atoms with Gasteiger partial charge < -0.3 is 14.0 Å². The van der Waals surface area contributed by atoms with Gasteiger partial charge in [-0.25, -0.2) is 19.3 Å². The van der Waals surface area contributed by atoms with Gasteiger partial charge in [0.05, 0.1) is 17.2 Å². The average Bonchev–Trinajstić information content (AvgIpc) is 3.79. The molecule has 0 N–H and O–H groups in total. The van der Waals surface area contributed by atoms with Crippen molar-refractivity contribution in [2.24, 2.45) is 0 Å². The molecule has 0 saturated heterocycles. The maximum Gasteiger partial charge on any atom is 0.159 e. The number of pyridine rings is 2. The normalized spacial score (nSPS) is 12.2. The van der Waals surface area contributed by atoms with E-state index in [2.05, 4.69) is 64.0 Å². The van der Waals surface area contributed by atoms with E-state index in [-0.39, 0.29) is 0 Å². The SMILES string of the molecule is C[Si](C)(C)CCOCn1ccc(-n2ccc3c(Cl)nccc32)n1.C[Si](C)(C)CCOCn1nccc1-n1ccc2c(Cl)nccc21. The molecule has 46 heavy (non-hydrogen) atoms. The van der Waals surface area contributed by atoms with E-state index in [0.717, 1.165) is 58.7 Å². The van der Waals surface area contributed by atoms with Gasteiger partial charge in [0.2, 0.25) is 0 Å². The summed E-state index contributed by atoms with van der Waals surface area (Å²) in [5.41, 5.74) is 2.00. The van der Waals surface area contributed by atoms with Gasteiger partial charge in [0.1, 0.15) is 29.6 Å². The maximum absolute atomic E-state index is 6.15. The van der Waals surface area contributed by atoms with Gasteiger partial charge in [0, 0.05) is 83.3 Å². The van der Waals surface area contributed by atoms with E-state index in [1.165, 1.54) is 0 Å². The summed E-state index contributed by atoms with van der Waals surface area (Å²) in [4.78, 5) is 8.22. The molecule has 0 saturated carbocycles. The second-order valence-electron chi connectivity index (χ2n) is 13.5. The Bertz CT molecular complexity index is 1880. The molecule has 0 unspecified atom stereocenters. The van der Waals surface area contributed by atoms with Gasteiger partial charge in [-0.1, -0.05) is 62.5 Å². The minimum Gasteiger partial charge on any atom is -0.360 e. The lowest BCUT2D eigenvalue weighted by Gasteiger charge is -2.16. The van der Waals surface area contributed by atoms with E-state index in [4.69, 9.17) is 32.7 Å². The van der Waals surface area contributed by atoms with Crippen molar-refractivity contribution in [2.45, 2.75) is 64.8 Å². The van der Waals surface area contributed by atoms with Crippen molar-refractivity contribution >= 4 is 61.2 Å². The molecule has 244 valence electrons. The lowest BCUT2D eigenvalue weighted by atomic mass is 10.3. The molecule has 0 aliphatic rings. The van der Waals surface area contributed by atoms with E-state index >= 15 is 0 Å². The highest BCUT2D eigenvalue weighted by atomic mass is 35.5. The summed E-state index contributed by atoms with van der Waals surface area (Å²) in [6.45, 7) is 16.6. The van der Waals surface area contributed by atoms with Crippen LogP contribution in [-0.4, -0.2) is 68.0 Å². The number of halogens is 2. The summed E-state index contributed by atoms with van der Waals surface area (Å²) in [5.74, 6) is 1.80. The first-order valence-corrected chi connectivity index (χ1v) is 23.5. The second-order valence-corrected chi connectivity index (χ2v) is 25.5. The van der Waals surface area contributed by atoms with Crippen LogP contribution in [-0.2, 0) is 22.9 Å². The fourth-order valence-electron chi connectivity index (χ4n) is 4.71. The molecule has 0 spiro atoms. The number of nitrogens with zero attached hydrogens (tertiary/aromatic N) is 8. The molecule has 0 aliphatic carbocycles. The lowest BCUT2D eigenvalue weighted by Crippen LogP contribution is -2.22. The summed E-state index contributed by atoms with van der Waals surface area (Å²) < 4.78 is 19.3. The topological polar surface area (TPSA) is 89.7 Å². The number of hydrogen-bond acceptors (Lipinski definition) is 6. The molecule has 0 bridgehead atoms. The molecule has 0 radical (unpaired) electrons. The van der Waals surface area contributed by atoms with Crippen molar-refractivity contribution in [1.29, 1.82) is 0 Å². The summed E-state index contributed by atoms with van der Waals surface area (Å²) in [6, 6.07) is 14.1. The van der Waals surface area contributed by atoms with E-state index in [0.29, 0.717) is 23.8 Å². The van der Waals surface area contributed by atoms with Crippen molar-refractivity contribution < 1.29 is 9.47 Å². The molecule has 6 heterocycles. The van der Waals surface area contributed by atoms with Crippen molar-refractivity contribution in [3.8, 4) is 11.6 Å².